The molecular formula is C23H26N4O6. The molecule has 174 valence electrons. The van der Waals surface area contributed by atoms with E-state index in [9.17, 15) is 19.7 Å². The Kier molecular flexibility index (Phi) is 8.50. The lowest BCUT2D eigenvalue weighted by Crippen LogP contribution is -2.42. The number of hydrogen-bond acceptors (Lipinski definition) is 7. The molecule has 0 atom stereocenters. The van der Waals surface area contributed by atoms with E-state index in [1.54, 1.807) is 37.5 Å². The average Bonchev–Trinajstić information content (AvgIpc) is 2.84. The Bertz CT molecular complexity index is 999. The lowest BCUT2D eigenvalue weighted by molar-refractivity contribution is -0.384. The second-order valence-electron chi connectivity index (χ2n) is 7.30. The van der Waals surface area contributed by atoms with Gasteiger partial charge in [0.05, 0.1) is 25.2 Å². The quantitative estimate of drug-likeness (QED) is 0.337. The first-order valence-electron chi connectivity index (χ1n) is 10.5. The van der Waals surface area contributed by atoms with Crippen LogP contribution in [0.3, 0.4) is 0 Å². The predicted octanol–water partition coefficient (Wildman–Crippen LogP) is 1.82. The van der Waals surface area contributed by atoms with Gasteiger partial charge < -0.3 is 20.1 Å². The van der Waals surface area contributed by atoms with Crippen molar-refractivity contribution in [3.8, 4) is 5.75 Å². The van der Waals surface area contributed by atoms with E-state index in [0.29, 0.717) is 37.6 Å². The number of methoxy groups -OCH3 is 1. The number of amides is 2. The Morgan fingerprint density at radius 3 is 2.39 bits per heavy atom. The topological polar surface area (TPSA) is 123 Å². The van der Waals surface area contributed by atoms with Crippen molar-refractivity contribution in [2.45, 2.75) is 0 Å². The van der Waals surface area contributed by atoms with Crippen molar-refractivity contribution in [1.29, 1.82) is 0 Å². The Morgan fingerprint density at radius 1 is 1.12 bits per heavy atom. The van der Waals surface area contributed by atoms with Crippen molar-refractivity contribution in [2.75, 3.05) is 46.5 Å². The largest absolute Gasteiger partial charge is 0.497 e. The number of ether oxygens (including phenoxy) is 2. The number of rotatable bonds is 9. The van der Waals surface area contributed by atoms with Gasteiger partial charge in [-0.15, -0.1) is 0 Å². The predicted molar refractivity (Wildman–Crippen MR) is 122 cm³/mol. The highest BCUT2D eigenvalue weighted by atomic mass is 16.6. The molecule has 0 bridgehead atoms. The summed E-state index contributed by atoms with van der Waals surface area (Å²) in [5.41, 5.74) is 0.826. The van der Waals surface area contributed by atoms with E-state index in [0.717, 1.165) is 13.1 Å². The zero-order valence-corrected chi connectivity index (χ0v) is 18.3. The fourth-order valence-corrected chi connectivity index (χ4v) is 3.20. The summed E-state index contributed by atoms with van der Waals surface area (Å²) in [6.07, 6.45) is 1.56. The maximum absolute atomic E-state index is 12.9. The Balaban J connectivity index is 1.72. The van der Waals surface area contributed by atoms with Crippen LogP contribution >= 0.6 is 0 Å². The minimum Gasteiger partial charge on any atom is -0.497 e. The van der Waals surface area contributed by atoms with Gasteiger partial charge in [0.1, 0.15) is 11.4 Å². The third-order valence-electron chi connectivity index (χ3n) is 5.08. The Hall–Kier alpha value is -3.76. The molecule has 2 aromatic carbocycles. The third kappa shape index (κ3) is 7.13. The van der Waals surface area contributed by atoms with Gasteiger partial charge in [-0.3, -0.25) is 24.6 Å². The van der Waals surface area contributed by atoms with Gasteiger partial charge in [-0.2, -0.15) is 0 Å². The first-order chi connectivity index (χ1) is 16.0. The highest BCUT2D eigenvalue weighted by molar-refractivity contribution is 6.05. The molecule has 2 N–H and O–H groups in total. The van der Waals surface area contributed by atoms with Crippen molar-refractivity contribution < 1.29 is 24.0 Å². The minimum absolute atomic E-state index is 0.0606. The zero-order valence-electron chi connectivity index (χ0n) is 18.3. The van der Waals surface area contributed by atoms with Crippen molar-refractivity contribution in [3.05, 3.63) is 75.5 Å². The maximum Gasteiger partial charge on any atom is 0.269 e. The van der Waals surface area contributed by atoms with E-state index in [1.165, 1.54) is 24.3 Å². The van der Waals surface area contributed by atoms with Gasteiger partial charge >= 0.3 is 0 Å². The summed E-state index contributed by atoms with van der Waals surface area (Å²) < 4.78 is 10.5. The number of nitrogens with one attached hydrogen (secondary N) is 2. The van der Waals surface area contributed by atoms with Crippen molar-refractivity contribution >= 4 is 23.6 Å². The van der Waals surface area contributed by atoms with Gasteiger partial charge in [-0.25, -0.2) is 0 Å². The highest BCUT2D eigenvalue weighted by Gasteiger charge is 2.17. The minimum atomic E-state index is -0.548. The molecule has 0 radical (unpaired) electrons. The van der Waals surface area contributed by atoms with E-state index in [2.05, 4.69) is 15.5 Å². The van der Waals surface area contributed by atoms with E-state index < -0.39 is 16.7 Å². The van der Waals surface area contributed by atoms with E-state index >= 15 is 0 Å². The zero-order chi connectivity index (χ0) is 23.6. The number of hydrogen-bond donors (Lipinski definition) is 2. The molecule has 2 aromatic rings. The molecule has 1 saturated heterocycles. The first-order valence-corrected chi connectivity index (χ1v) is 10.5. The molecule has 1 heterocycles. The smallest absolute Gasteiger partial charge is 0.269 e. The number of carbonyl (C=O) groups excluding carboxylic acids is 2. The second kappa shape index (κ2) is 11.7. The molecule has 10 heteroatoms. The van der Waals surface area contributed by atoms with Crippen molar-refractivity contribution in [1.82, 2.24) is 15.5 Å². The molecule has 1 aliphatic rings. The Labute approximate surface area is 191 Å². The van der Waals surface area contributed by atoms with Crippen LogP contribution in [0.15, 0.2) is 54.2 Å². The molecule has 10 nitrogen and oxygen atoms in total. The van der Waals surface area contributed by atoms with Crippen LogP contribution in [-0.4, -0.2) is 68.1 Å². The van der Waals surface area contributed by atoms with Gasteiger partial charge in [0.15, 0.2) is 0 Å². The van der Waals surface area contributed by atoms with Crippen LogP contribution in [-0.2, 0) is 9.53 Å². The van der Waals surface area contributed by atoms with E-state index in [4.69, 9.17) is 9.47 Å². The van der Waals surface area contributed by atoms with E-state index in [-0.39, 0.29) is 16.9 Å². The molecule has 1 fully saturated rings. The van der Waals surface area contributed by atoms with Crippen LogP contribution in [0.25, 0.3) is 6.08 Å². The summed E-state index contributed by atoms with van der Waals surface area (Å²) in [6.45, 7) is 4.03. The molecule has 0 spiro atoms. The normalized spacial score (nSPS) is 14.4. The summed E-state index contributed by atoms with van der Waals surface area (Å²) in [5, 5.41) is 16.3. The number of nitro benzene ring substituents is 1. The Morgan fingerprint density at radius 2 is 1.79 bits per heavy atom. The monoisotopic (exact) mass is 454 g/mol. The molecule has 3 rings (SSSR count). The fourth-order valence-electron chi connectivity index (χ4n) is 3.20. The van der Waals surface area contributed by atoms with Gasteiger partial charge in [0.2, 0.25) is 0 Å². The summed E-state index contributed by atoms with van der Waals surface area (Å²) in [4.78, 5) is 38.1. The summed E-state index contributed by atoms with van der Waals surface area (Å²) in [6, 6.07) is 12.2. The number of non-ortho nitro benzene ring substituents is 1. The lowest BCUT2D eigenvalue weighted by Gasteiger charge is -2.26. The highest BCUT2D eigenvalue weighted by Crippen LogP contribution is 2.15. The molecule has 2 amide bonds. The van der Waals surface area contributed by atoms with Crippen molar-refractivity contribution in [2.24, 2.45) is 0 Å². The summed E-state index contributed by atoms with van der Waals surface area (Å²) in [7, 11) is 1.56. The maximum atomic E-state index is 12.9. The van der Waals surface area contributed by atoms with Gasteiger partial charge in [0, 0.05) is 43.9 Å². The molecule has 1 aliphatic heterocycles. The standard InChI is InChI=1S/C23H26N4O6/c1-32-20-8-2-17(3-9-20)16-21(23(29)24-10-11-26-12-14-33-15-13-26)25-22(28)18-4-6-19(7-5-18)27(30)31/h2-9,16H,10-15H2,1H3,(H,24,29)(H,25,28)/b21-16-. The van der Waals surface area contributed by atoms with Crippen LogP contribution in [0.1, 0.15) is 15.9 Å². The molecule has 0 unspecified atom stereocenters. The van der Waals surface area contributed by atoms with Gasteiger partial charge in [-0.05, 0) is 35.9 Å². The molecular weight excluding hydrogens is 428 g/mol. The van der Waals surface area contributed by atoms with Crippen LogP contribution in [0.2, 0.25) is 0 Å². The first kappa shape index (κ1) is 23.9. The number of benzene rings is 2. The van der Waals surface area contributed by atoms with Gasteiger partial charge in [-0.1, -0.05) is 12.1 Å². The van der Waals surface area contributed by atoms with Crippen LogP contribution in [0.5, 0.6) is 5.75 Å². The van der Waals surface area contributed by atoms with Crippen LogP contribution < -0.4 is 15.4 Å². The number of nitrogens with zero attached hydrogens (tertiary/aromatic N) is 2. The van der Waals surface area contributed by atoms with Crippen LogP contribution in [0, 0.1) is 10.1 Å². The molecule has 0 saturated carbocycles. The molecule has 0 aliphatic carbocycles. The summed E-state index contributed by atoms with van der Waals surface area (Å²) in [5.74, 6) is -0.319. The van der Waals surface area contributed by atoms with E-state index in [1.807, 2.05) is 0 Å². The molecule has 33 heavy (non-hydrogen) atoms. The number of carbonyl (C=O) groups is 2. The summed E-state index contributed by atoms with van der Waals surface area (Å²) >= 11 is 0. The number of morpholine rings is 1. The van der Waals surface area contributed by atoms with Gasteiger partial charge in [0.25, 0.3) is 17.5 Å². The third-order valence-corrected chi connectivity index (χ3v) is 5.08. The van der Waals surface area contributed by atoms with Crippen LogP contribution in [0.4, 0.5) is 5.69 Å². The average molecular weight is 454 g/mol. The number of nitro groups is 1. The second-order valence-corrected chi connectivity index (χ2v) is 7.30. The fraction of sp³-hybridized carbons (Fsp3) is 0.304. The lowest BCUT2D eigenvalue weighted by atomic mass is 10.1. The molecule has 0 aromatic heterocycles. The van der Waals surface area contributed by atoms with Crippen molar-refractivity contribution in [3.63, 3.8) is 0 Å². The SMILES string of the molecule is COc1ccc(/C=C(\NC(=O)c2ccc([N+](=O)[O-])cc2)C(=O)NCCN2CCOCC2)cc1.